The maximum Gasteiger partial charge on any atom is 0.303 e. The van der Waals surface area contributed by atoms with E-state index in [0.29, 0.717) is 18.0 Å². The van der Waals surface area contributed by atoms with Crippen LogP contribution in [0.5, 0.6) is 5.75 Å². The molecule has 1 heterocycles. The van der Waals surface area contributed by atoms with Gasteiger partial charge in [0.05, 0.1) is 10.6 Å². The van der Waals surface area contributed by atoms with E-state index in [1.807, 2.05) is 0 Å². The van der Waals surface area contributed by atoms with Crippen molar-refractivity contribution in [3.8, 4) is 5.75 Å². The number of aliphatic carboxylic acids is 1. The first-order valence-electron chi connectivity index (χ1n) is 7.00. The topological polar surface area (TPSA) is 77.8 Å². The fraction of sp³-hybridized carbons (Fsp3) is 0.467. The minimum Gasteiger partial charge on any atom is -0.508 e. The Labute approximate surface area is 128 Å². The van der Waals surface area contributed by atoms with Gasteiger partial charge in [-0.05, 0) is 43.9 Å². The monoisotopic (exact) mass is 311 g/mol. The van der Waals surface area contributed by atoms with Crippen LogP contribution in [0.2, 0.25) is 5.02 Å². The molecule has 1 amide bonds. The first-order chi connectivity index (χ1) is 9.99. The first-order valence-corrected chi connectivity index (χ1v) is 7.38. The van der Waals surface area contributed by atoms with Gasteiger partial charge in [-0.25, -0.2) is 0 Å². The third kappa shape index (κ3) is 3.88. The number of hydrogen-bond donors (Lipinski definition) is 2. The highest BCUT2D eigenvalue weighted by molar-refractivity contribution is 6.33. The standard InChI is InChI=1S/C15H18ClNO4/c16-13-6-5-11(18)9-12(13)15(21)17-8-2-1-3-10(17)4-7-14(19)20/h5-6,9-10,18H,1-4,7-8H2,(H,19,20). The minimum atomic E-state index is -0.858. The molecule has 0 aliphatic carbocycles. The number of carbonyl (C=O) groups excluding carboxylic acids is 1. The Morgan fingerprint density at radius 3 is 2.81 bits per heavy atom. The number of hydrogen-bond acceptors (Lipinski definition) is 3. The van der Waals surface area contributed by atoms with Gasteiger partial charge in [0.2, 0.25) is 0 Å². The van der Waals surface area contributed by atoms with Gasteiger partial charge < -0.3 is 15.1 Å². The van der Waals surface area contributed by atoms with Crippen LogP contribution in [0, 0.1) is 0 Å². The molecule has 0 spiro atoms. The summed E-state index contributed by atoms with van der Waals surface area (Å²) in [6, 6.07) is 4.19. The molecule has 0 radical (unpaired) electrons. The number of carboxylic acid groups (broad SMARTS) is 1. The van der Waals surface area contributed by atoms with Crippen molar-refractivity contribution in [3.63, 3.8) is 0 Å². The number of aromatic hydroxyl groups is 1. The average Bonchev–Trinajstić information content (AvgIpc) is 2.47. The summed E-state index contributed by atoms with van der Waals surface area (Å²) in [4.78, 5) is 25.0. The van der Waals surface area contributed by atoms with E-state index in [2.05, 4.69) is 0 Å². The van der Waals surface area contributed by atoms with E-state index in [4.69, 9.17) is 16.7 Å². The van der Waals surface area contributed by atoms with Crippen LogP contribution < -0.4 is 0 Å². The molecule has 6 heteroatoms. The number of likely N-dealkylation sites (tertiary alicyclic amines) is 1. The maximum absolute atomic E-state index is 12.6. The quantitative estimate of drug-likeness (QED) is 0.896. The van der Waals surface area contributed by atoms with Crippen molar-refractivity contribution in [2.24, 2.45) is 0 Å². The Morgan fingerprint density at radius 2 is 2.10 bits per heavy atom. The van der Waals surface area contributed by atoms with E-state index in [0.717, 1.165) is 19.3 Å². The number of benzene rings is 1. The van der Waals surface area contributed by atoms with E-state index in [1.165, 1.54) is 18.2 Å². The van der Waals surface area contributed by atoms with Crippen LogP contribution in [0.15, 0.2) is 18.2 Å². The number of rotatable bonds is 4. The van der Waals surface area contributed by atoms with Crippen LogP contribution in [0.3, 0.4) is 0 Å². The zero-order chi connectivity index (χ0) is 15.4. The van der Waals surface area contributed by atoms with Crippen LogP contribution in [-0.2, 0) is 4.79 Å². The maximum atomic E-state index is 12.6. The minimum absolute atomic E-state index is 0.0122. The van der Waals surface area contributed by atoms with E-state index in [9.17, 15) is 14.7 Å². The van der Waals surface area contributed by atoms with Crippen LogP contribution >= 0.6 is 11.6 Å². The molecule has 1 atom stereocenters. The van der Waals surface area contributed by atoms with Crippen molar-refractivity contribution in [3.05, 3.63) is 28.8 Å². The van der Waals surface area contributed by atoms with Crippen LogP contribution in [0.25, 0.3) is 0 Å². The highest BCUT2D eigenvalue weighted by atomic mass is 35.5. The number of piperidine rings is 1. The predicted octanol–water partition coefficient (Wildman–Crippen LogP) is 2.91. The molecule has 1 unspecified atom stereocenters. The smallest absolute Gasteiger partial charge is 0.303 e. The summed E-state index contributed by atoms with van der Waals surface area (Å²) in [6.45, 7) is 0.592. The zero-order valence-corrected chi connectivity index (χ0v) is 12.3. The number of halogens is 1. The van der Waals surface area contributed by atoms with Crippen molar-refractivity contribution in [2.45, 2.75) is 38.1 Å². The Bertz CT molecular complexity index is 546. The largest absolute Gasteiger partial charge is 0.508 e. The second kappa shape index (κ2) is 6.80. The third-order valence-electron chi connectivity index (χ3n) is 3.76. The van der Waals surface area contributed by atoms with Gasteiger partial charge in [-0.1, -0.05) is 11.6 Å². The molecule has 21 heavy (non-hydrogen) atoms. The van der Waals surface area contributed by atoms with E-state index in [1.54, 1.807) is 4.90 Å². The number of carboxylic acids is 1. The molecular formula is C15H18ClNO4. The van der Waals surface area contributed by atoms with Crippen molar-refractivity contribution >= 4 is 23.5 Å². The van der Waals surface area contributed by atoms with Crippen LogP contribution in [0.1, 0.15) is 42.5 Å². The molecule has 1 aliphatic heterocycles. The normalized spacial score (nSPS) is 18.5. The molecule has 1 fully saturated rings. The van der Waals surface area contributed by atoms with Gasteiger partial charge in [0.25, 0.3) is 5.91 Å². The van der Waals surface area contributed by atoms with Gasteiger partial charge in [-0.2, -0.15) is 0 Å². The Hall–Kier alpha value is -1.75. The van der Waals surface area contributed by atoms with Crippen LogP contribution in [0.4, 0.5) is 0 Å². The lowest BCUT2D eigenvalue weighted by atomic mass is 9.97. The lowest BCUT2D eigenvalue weighted by Gasteiger charge is -2.36. The van der Waals surface area contributed by atoms with Gasteiger partial charge >= 0.3 is 5.97 Å². The van der Waals surface area contributed by atoms with E-state index < -0.39 is 5.97 Å². The molecule has 1 saturated heterocycles. The molecule has 0 bridgehead atoms. The molecule has 1 aromatic carbocycles. The summed E-state index contributed by atoms with van der Waals surface area (Å²) >= 11 is 6.03. The van der Waals surface area contributed by atoms with E-state index in [-0.39, 0.29) is 29.7 Å². The predicted molar refractivity (Wildman–Crippen MR) is 78.7 cm³/mol. The van der Waals surface area contributed by atoms with Gasteiger partial charge in [0, 0.05) is 19.0 Å². The second-order valence-corrected chi connectivity index (χ2v) is 5.65. The number of amides is 1. The molecule has 2 N–H and O–H groups in total. The summed E-state index contributed by atoms with van der Waals surface area (Å²) in [5.74, 6) is -1.11. The van der Waals surface area contributed by atoms with Gasteiger partial charge in [-0.3, -0.25) is 9.59 Å². The highest BCUT2D eigenvalue weighted by Crippen LogP contribution is 2.27. The van der Waals surface area contributed by atoms with Crippen molar-refractivity contribution in [1.82, 2.24) is 4.90 Å². The number of phenolic OH excluding ortho intramolecular Hbond substituents is 1. The molecule has 5 nitrogen and oxygen atoms in total. The van der Waals surface area contributed by atoms with Crippen LogP contribution in [-0.4, -0.2) is 39.6 Å². The van der Waals surface area contributed by atoms with E-state index >= 15 is 0 Å². The van der Waals surface area contributed by atoms with Crippen molar-refractivity contribution < 1.29 is 19.8 Å². The molecular weight excluding hydrogens is 294 g/mol. The second-order valence-electron chi connectivity index (χ2n) is 5.24. The molecule has 114 valence electrons. The van der Waals surface area contributed by atoms with Gasteiger partial charge in [0.15, 0.2) is 0 Å². The van der Waals surface area contributed by atoms with Crippen molar-refractivity contribution in [2.75, 3.05) is 6.54 Å². The Balaban J connectivity index is 2.18. The number of carbonyl (C=O) groups is 2. The molecule has 1 aliphatic rings. The number of nitrogens with zero attached hydrogens (tertiary/aromatic N) is 1. The third-order valence-corrected chi connectivity index (χ3v) is 4.09. The Morgan fingerprint density at radius 1 is 1.33 bits per heavy atom. The molecule has 0 saturated carbocycles. The van der Waals surface area contributed by atoms with Gasteiger partial charge in [-0.15, -0.1) is 0 Å². The zero-order valence-electron chi connectivity index (χ0n) is 11.6. The fourth-order valence-corrected chi connectivity index (χ4v) is 2.89. The SMILES string of the molecule is O=C(O)CCC1CCCCN1C(=O)c1cc(O)ccc1Cl. The summed E-state index contributed by atoms with van der Waals surface area (Å²) < 4.78 is 0. The average molecular weight is 312 g/mol. The molecule has 0 aromatic heterocycles. The summed E-state index contributed by atoms with van der Waals surface area (Å²) in [5, 5.41) is 18.6. The number of phenols is 1. The van der Waals surface area contributed by atoms with Gasteiger partial charge in [0.1, 0.15) is 5.75 Å². The molecule has 1 aromatic rings. The first kappa shape index (κ1) is 15.6. The Kier molecular flexibility index (Phi) is 5.07. The van der Waals surface area contributed by atoms with Crippen molar-refractivity contribution in [1.29, 1.82) is 0 Å². The summed E-state index contributed by atoms with van der Waals surface area (Å²) in [6.07, 6.45) is 3.17. The summed E-state index contributed by atoms with van der Waals surface area (Å²) in [5.41, 5.74) is 0.263. The fourth-order valence-electron chi connectivity index (χ4n) is 2.69. The lowest BCUT2D eigenvalue weighted by Crippen LogP contribution is -2.44. The molecule has 2 rings (SSSR count). The summed E-state index contributed by atoms with van der Waals surface area (Å²) in [7, 11) is 0. The highest BCUT2D eigenvalue weighted by Gasteiger charge is 2.29. The lowest BCUT2D eigenvalue weighted by molar-refractivity contribution is -0.137.